The van der Waals surface area contributed by atoms with Crippen LogP contribution in [0.25, 0.3) is 5.69 Å². The van der Waals surface area contributed by atoms with Crippen LogP contribution in [-0.4, -0.2) is 48.7 Å². The van der Waals surface area contributed by atoms with Crippen LogP contribution in [0.4, 0.5) is 10.2 Å². The lowest BCUT2D eigenvalue weighted by Crippen LogP contribution is -2.36. The second-order valence-corrected chi connectivity index (χ2v) is 9.49. The van der Waals surface area contributed by atoms with Crippen molar-refractivity contribution >= 4 is 27.4 Å². The molecule has 1 aromatic heterocycles. The molecule has 0 spiro atoms. The Bertz CT molecular complexity index is 1230. The Labute approximate surface area is 184 Å². The third kappa shape index (κ3) is 4.63. The largest absolute Gasteiger partial charge is 0.354 e. The molecule has 0 amide bonds. The first-order chi connectivity index (χ1) is 14.8. The first kappa shape index (κ1) is 21.5. The van der Waals surface area contributed by atoms with E-state index in [1.54, 1.807) is 30.3 Å². The summed E-state index contributed by atoms with van der Waals surface area (Å²) in [5, 5.41) is 5.03. The molecule has 1 aliphatic heterocycles. The minimum absolute atomic E-state index is 0.0664. The van der Waals surface area contributed by atoms with Crippen molar-refractivity contribution in [1.29, 1.82) is 0 Å². The normalized spacial score (nSPS) is 15.6. The maximum atomic E-state index is 13.2. The summed E-state index contributed by atoms with van der Waals surface area (Å²) >= 11 is 5.92. The van der Waals surface area contributed by atoms with E-state index in [1.807, 2.05) is 4.90 Å². The maximum Gasteiger partial charge on any atom is 0.271 e. The molecule has 0 unspecified atom stereocenters. The monoisotopic (exact) mass is 462 g/mol. The van der Waals surface area contributed by atoms with Crippen LogP contribution in [0.3, 0.4) is 0 Å². The zero-order chi connectivity index (χ0) is 22.0. The van der Waals surface area contributed by atoms with Crippen molar-refractivity contribution in [2.75, 3.05) is 31.1 Å². The van der Waals surface area contributed by atoms with Gasteiger partial charge in [-0.25, -0.2) is 12.8 Å². The number of halogens is 2. The minimum Gasteiger partial charge on any atom is -0.354 e. The molecule has 3 aromatic rings. The maximum absolute atomic E-state index is 13.2. The van der Waals surface area contributed by atoms with Gasteiger partial charge in [-0.3, -0.25) is 4.79 Å². The molecular formula is C21H20ClFN4O3S. The first-order valence-corrected chi connectivity index (χ1v) is 11.5. The fraction of sp³-hybridized carbons (Fsp3) is 0.238. The highest BCUT2D eigenvalue weighted by molar-refractivity contribution is 7.89. The summed E-state index contributed by atoms with van der Waals surface area (Å²) in [6.07, 6.45) is 0.585. The number of nitrogens with zero attached hydrogens (tertiary/aromatic N) is 4. The van der Waals surface area contributed by atoms with Gasteiger partial charge in [0.15, 0.2) is 0 Å². The van der Waals surface area contributed by atoms with Gasteiger partial charge in [-0.05, 0) is 61.0 Å². The Hall–Kier alpha value is -2.75. The topological polar surface area (TPSA) is 75.5 Å². The van der Waals surface area contributed by atoms with Crippen LogP contribution in [0.5, 0.6) is 0 Å². The molecule has 2 aromatic carbocycles. The lowest BCUT2D eigenvalue weighted by molar-refractivity contribution is 0.433. The van der Waals surface area contributed by atoms with Crippen LogP contribution < -0.4 is 10.5 Å². The zero-order valence-corrected chi connectivity index (χ0v) is 18.1. The number of aromatic nitrogens is 2. The van der Waals surface area contributed by atoms with Gasteiger partial charge in [0.25, 0.3) is 5.56 Å². The van der Waals surface area contributed by atoms with E-state index in [4.69, 9.17) is 11.6 Å². The van der Waals surface area contributed by atoms with Gasteiger partial charge < -0.3 is 4.90 Å². The third-order valence-electron chi connectivity index (χ3n) is 5.09. The van der Waals surface area contributed by atoms with Crippen LogP contribution >= 0.6 is 11.6 Å². The molecule has 0 N–H and O–H groups in total. The van der Waals surface area contributed by atoms with Crippen LogP contribution in [0, 0.1) is 5.82 Å². The van der Waals surface area contributed by atoms with E-state index in [0.29, 0.717) is 42.6 Å². The SMILES string of the molecule is O=c1ccc(N2CCCN(S(=O)(=O)c3ccc(F)cc3)CC2)nn1-c1ccc(Cl)cc1. The van der Waals surface area contributed by atoms with Gasteiger partial charge in [-0.1, -0.05) is 11.6 Å². The second kappa shape index (κ2) is 8.78. The molecule has 162 valence electrons. The van der Waals surface area contributed by atoms with Crippen LogP contribution in [-0.2, 0) is 10.0 Å². The molecule has 1 aliphatic rings. The molecule has 0 aliphatic carbocycles. The average molecular weight is 463 g/mol. The molecule has 31 heavy (non-hydrogen) atoms. The molecule has 4 rings (SSSR count). The highest BCUT2D eigenvalue weighted by Gasteiger charge is 2.27. The molecule has 0 radical (unpaired) electrons. The Morgan fingerprint density at radius 3 is 2.29 bits per heavy atom. The summed E-state index contributed by atoms with van der Waals surface area (Å²) in [6, 6.07) is 14.7. The van der Waals surface area contributed by atoms with Gasteiger partial charge in [-0.15, -0.1) is 5.10 Å². The number of hydrogen-bond donors (Lipinski definition) is 0. The molecule has 2 heterocycles. The second-order valence-electron chi connectivity index (χ2n) is 7.12. The summed E-state index contributed by atoms with van der Waals surface area (Å²) in [7, 11) is -3.72. The summed E-state index contributed by atoms with van der Waals surface area (Å²) in [6.45, 7) is 1.59. The van der Waals surface area contributed by atoms with Crippen molar-refractivity contribution in [3.05, 3.63) is 81.9 Å². The molecular weight excluding hydrogens is 443 g/mol. The number of hydrogen-bond acceptors (Lipinski definition) is 5. The molecule has 0 saturated carbocycles. The van der Waals surface area contributed by atoms with Crippen molar-refractivity contribution in [2.45, 2.75) is 11.3 Å². The summed E-state index contributed by atoms with van der Waals surface area (Å²) < 4.78 is 41.7. The van der Waals surface area contributed by atoms with E-state index in [2.05, 4.69) is 5.10 Å². The fourth-order valence-corrected chi connectivity index (χ4v) is 5.05. The summed E-state index contributed by atoms with van der Waals surface area (Å²) in [5.74, 6) is 0.0958. The molecule has 0 bridgehead atoms. The third-order valence-corrected chi connectivity index (χ3v) is 7.25. The number of rotatable bonds is 4. The molecule has 0 atom stereocenters. The van der Waals surface area contributed by atoms with E-state index in [0.717, 1.165) is 12.1 Å². The van der Waals surface area contributed by atoms with Gasteiger partial charge in [0, 0.05) is 37.3 Å². The van der Waals surface area contributed by atoms with Gasteiger partial charge in [0.2, 0.25) is 10.0 Å². The molecule has 10 heteroatoms. The first-order valence-electron chi connectivity index (χ1n) is 9.71. The van der Waals surface area contributed by atoms with Crippen molar-refractivity contribution in [3.8, 4) is 5.69 Å². The predicted molar refractivity (Wildman–Crippen MR) is 117 cm³/mol. The minimum atomic E-state index is -3.72. The van der Waals surface area contributed by atoms with Gasteiger partial charge in [0.05, 0.1) is 10.6 Å². The summed E-state index contributed by atoms with van der Waals surface area (Å²) in [5.41, 5.74) is 0.313. The Morgan fingerprint density at radius 1 is 0.871 bits per heavy atom. The van der Waals surface area contributed by atoms with Crippen LogP contribution in [0.2, 0.25) is 5.02 Å². The van der Waals surface area contributed by atoms with Crippen LogP contribution in [0.15, 0.2) is 70.4 Å². The highest BCUT2D eigenvalue weighted by atomic mass is 35.5. The van der Waals surface area contributed by atoms with E-state index in [1.165, 1.54) is 27.2 Å². The lowest BCUT2D eigenvalue weighted by atomic mass is 10.3. The van der Waals surface area contributed by atoms with Crippen molar-refractivity contribution in [2.24, 2.45) is 0 Å². The number of sulfonamides is 1. The fourth-order valence-electron chi connectivity index (χ4n) is 3.46. The van der Waals surface area contributed by atoms with Crippen LogP contribution in [0.1, 0.15) is 6.42 Å². The van der Waals surface area contributed by atoms with E-state index < -0.39 is 15.8 Å². The van der Waals surface area contributed by atoms with Gasteiger partial charge in [0.1, 0.15) is 11.6 Å². The van der Waals surface area contributed by atoms with E-state index in [9.17, 15) is 17.6 Å². The number of anilines is 1. The smallest absolute Gasteiger partial charge is 0.271 e. The Morgan fingerprint density at radius 2 is 1.58 bits per heavy atom. The van der Waals surface area contributed by atoms with Crippen molar-refractivity contribution < 1.29 is 12.8 Å². The van der Waals surface area contributed by atoms with Gasteiger partial charge >= 0.3 is 0 Å². The standard InChI is InChI=1S/C21H20ClFN4O3S/c22-16-2-6-18(7-3-16)27-21(28)11-10-20(24-27)25-12-1-13-26(15-14-25)31(29,30)19-8-4-17(23)5-9-19/h2-11H,1,12-15H2. The van der Waals surface area contributed by atoms with Crippen molar-refractivity contribution in [1.82, 2.24) is 14.1 Å². The Kier molecular flexibility index (Phi) is 6.08. The quantitative estimate of drug-likeness (QED) is 0.596. The zero-order valence-electron chi connectivity index (χ0n) is 16.5. The highest BCUT2D eigenvalue weighted by Crippen LogP contribution is 2.20. The average Bonchev–Trinajstić information content (AvgIpc) is 3.02. The lowest BCUT2D eigenvalue weighted by Gasteiger charge is -2.23. The molecule has 1 saturated heterocycles. The molecule has 7 nitrogen and oxygen atoms in total. The van der Waals surface area contributed by atoms with E-state index in [-0.39, 0.29) is 17.0 Å². The van der Waals surface area contributed by atoms with E-state index >= 15 is 0 Å². The summed E-state index contributed by atoms with van der Waals surface area (Å²) in [4.78, 5) is 14.3. The van der Waals surface area contributed by atoms with Crippen molar-refractivity contribution in [3.63, 3.8) is 0 Å². The van der Waals surface area contributed by atoms with Gasteiger partial charge in [-0.2, -0.15) is 8.99 Å². The molecule has 1 fully saturated rings. The Balaban J connectivity index is 1.55. The number of benzene rings is 2. The predicted octanol–water partition coefficient (Wildman–Crippen LogP) is 2.93.